The second-order valence-electron chi connectivity index (χ2n) is 4.86. The van der Waals surface area contributed by atoms with Gasteiger partial charge in [-0.2, -0.15) is 0 Å². The normalized spacial score (nSPS) is 19.4. The van der Waals surface area contributed by atoms with Gasteiger partial charge in [0, 0.05) is 13.1 Å². The Labute approximate surface area is 108 Å². The van der Waals surface area contributed by atoms with Gasteiger partial charge in [-0.3, -0.25) is 0 Å². The van der Waals surface area contributed by atoms with Gasteiger partial charge in [0.2, 0.25) is 0 Å². The van der Waals surface area contributed by atoms with E-state index in [4.69, 9.17) is 0 Å². The van der Waals surface area contributed by atoms with Crippen LogP contribution in [0.3, 0.4) is 0 Å². The van der Waals surface area contributed by atoms with Crippen LogP contribution in [0.15, 0.2) is 30.3 Å². The van der Waals surface area contributed by atoms with E-state index in [0.717, 1.165) is 31.5 Å². The van der Waals surface area contributed by atoms with Gasteiger partial charge in [0.05, 0.1) is 0 Å². The number of nitrogens with zero attached hydrogens (tertiary/aromatic N) is 1. The van der Waals surface area contributed by atoms with Crippen LogP contribution in [0, 0.1) is 5.92 Å². The third-order valence-electron chi connectivity index (χ3n) is 3.36. The van der Waals surface area contributed by atoms with Gasteiger partial charge in [-0.05, 0) is 37.4 Å². The molecule has 0 spiro atoms. The molecule has 0 saturated carbocycles. The molecule has 1 heterocycles. The second-order valence-corrected chi connectivity index (χ2v) is 4.86. The first-order valence-corrected chi connectivity index (χ1v) is 6.48. The van der Waals surface area contributed by atoms with Crippen molar-refractivity contribution in [2.45, 2.75) is 19.4 Å². The van der Waals surface area contributed by atoms with Crippen molar-refractivity contribution in [2.24, 2.45) is 5.92 Å². The summed E-state index contributed by atoms with van der Waals surface area (Å²) < 4.78 is 0. The Balaban J connectivity index is 1.93. The first-order valence-electron chi connectivity index (χ1n) is 6.48. The summed E-state index contributed by atoms with van der Waals surface area (Å²) in [5.41, 5.74) is 1.05. The Kier molecular flexibility index (Phi) is 4.59. The van der Waals surface area contributed by atoms with Crippen LogP contribution < -0.4 is 5.32 Å². The van der Waals surface area contributed by atoms with Crippen molar-refractivity contribution < 1.29 is 9.90 Å². The predicted molar refractivity (Wildman–Crippen MR) is 70.5 cm³/mol. The predicted octanol–water partition coefficient (Wildman–Crippen LogP) is 2.17. The molecule has 18 heavy (non-hydrogen) atoms. The average molecular weight is 248 g/mol. The fourth-order valence-corrected chi connectivity index (χ4v) is 2.41. The van der Waals surface area contributed by atoms with Crippen LogP contribution in [0.2, 0.25) is 0 Å². The summed E-state index contributed by atoms with van der Waals surface area (Å²) in [6, 6.07) is 9.76. The largest absolute Gasteiger partial charge is 0.465 e. The SMILES string of the molecule is O=C(O)N(Cc1ccccc1)C[C@@H]1CCCNC1. The second kappa shape index (κ2) is 6.40. The van der Waals surface area contributed by atoms with E-state index in [1.54, 1.807) is 0 Å². The Morgan fingerprint density at radius 3 is 2.78 bits per heavy atom. The number of amides is 1. The lowest BCUT2D eigenvalue weighted by atomic mass is 9.99. The van der Waals surface area contributed by atoms with Crippen molar-refractivity contribution in [1.29, 1.82) is 0 Å². The maximum Gasteiger partial charge on any atom is 0.407 e. The van der Waals surface area contributed by atoms with E-state index >= 15 is 0 Å². The Hall–Kier alpha value is -1.55. The molecule has 0 bridgehead atoms. The molecular formula is C14H20N2O2. The molecule has 1 atom stereocenters. The molecule has 1 fully saturated rings. The van der Waals surface area contributed by atoms with Crippen LogP contribution in [-0.2, 0) is 6.54 Å². The molecule has 1 saturated heterocycles. The summed E-state index contributed by atoms with van der Waals surface area (Å²) in [7, 11) is 0. The zero-order valence-corrected chi connectivity index (χ0v) is 10.5. The molecule has 0 radical (unpaired) electrons. The van der Waals surface area contributed by atoms with E-state index in [1.165, 1.54) is 4.90 Å². The minimum Gasteiger partial charge on any atom is -0.465 e. The van der Waals surface area contributed by atoms with Crippen molar-refractivity contribution in [3.8, 4) is 0 Å². The lowest BCUT2D eigenvalue weighted by Gasteiger charge is -2.28. The van der Waals surface area contributed by atoms with E-state index in [1.807, 2.05) is 30.3 Å². The fourth-order valence-electron chi connectivity index (χ4n) is 2.41. The van der Waals surface area contributed by atoms with Crippen LogP contribution in [0.1, 0.15) is 18.4 Å². The van der Waals surface area contributed by atoms with Gasteiger partial charge in [0.1, 0.15) is 0 Å². The third-order valence-corrected chi connectivity index (χ3v) is 3.36. The van der Waals surface area contributed by atoms with Crippen molar-refractivity contribution >= 4 is 6.09 Å². The standard InChI is InChI=1S/C14H20N2O2/c17-14(18)16(10-12-5-2-1-3-6-12)11-13-7-4-8-15-9-13/h1-3,5-6,13,15H,4,7-11H2,(H,17,18)/t13-/m1/s1. The van der Waals surface area contributed by atoms with Crippen molar-refractivity contribution in [2.75, 3.05) is 19.6 Å². The molecule has 4 heteroatoms. The van der Waals surface area contributed by atoms with Crippen LogP contribution in [0.4, 0.5) is 4.79 Å². The summed E-state index contributed by atoms with van der Waals surface area (Å²) >= 11 is 0. The van der Waals surface area contributed by atoms with Gasteiger partial charge in [-0.25, -0.2) is 4.79 Å². The summed E-state index contributed by atoms with van der Waals surface area (Å²) in [4.78, 5) is 12.8. The zero-order chi connectivity index (χ0) is 12.8. The summed E-state index contributed by atoms with van der Waals surface area (Å²) in [6.07, 6.45) is 1.43. The molecule has 1 aliphatic rings. The summed E-state index contributed by atoms with van der Waals surface area (Å²) in [6.45, 7) is 3.09. The zero-order valence-electron chi connectivity index (χ0n) is 10.5. The van der Waals surface area contributed by atoms with E-state index in [0.29, 0.717) is 19.0 Å². The highest BCUT2D eigenvalue weighted by Gasteiger charge is 2.20. The fraction of sp³-hybridized carbons (Fsp3) is 0.500. The van der Waals surface area contributed by atoms with Crippen molar-refractivity contribution in [3.05, 3.63) is 35.9 Å². The number of hydrogen-bond donors (Lipinski definition) is 2. The Morgan fingerprint density at radius 1 is 1.39 bits per heavy atom. The Morgan fingerprint density at radius 2 is 2.17 bits per heavy atom. The molecule has 2 rings (SSSR count). The Bertz CT molecular complexity index is 375. The number of carboxylic acid groups (broad SMARTS) is 1. The maximum atomic E-state index is 11.3. The average Bonchev–Trinajstić information content (AvgIpc) is 2.40. The van der Waals surface area contributed by atoms with Gasteiger partial charge in [0.15, 0.2) is 0 Å². The van der Waals surface area contributed by atoms with Gasteiger partial charge in [0.25, 0.3) is 0 Å². The van der Waals surface area contributed by atoms with Crippen molar-refractivity contribution in [3.63, 3.8) is 0 Å². The summed E-state index contributed by atoms with van der Waals surface area (Å²) in [5, 5.41) is 12.6. The quantitative estimate of drug-likeness (QED) is 0.858. The number of carbonyl (C=O) groups is 1. The van der Waals surface area contributed by atoms with E-state index in [-0.39, 0.29) is 0 Å². The lowest BCUT2D eigenvalue weighted by molar-refractivity contribution is 0.129. The molecular weight excluding hydrogens is 228 g/mol. The molecule has 0 aromatic heterocycles. The van der Waals surface area contributed by atoms with Gasteiger partial charge in [-0.1, -0.05) is 30.3 Å². The third kappa shape index (κ3) is 3.74. The summed E-state index contributed by atoms with van der Waals surface area (Å²) in [5.74, 6) is 0.443. The first-order chi connectivity index (χ1) is 8.75. The van der Waals surface area contributed by atoms with Crippen LogP contribution >= 0.6 is 0 Å². The molecule has 4 nitrogen and oxygen atoms in total. The molecule has 0 aliphatic carbocycles. The van der Waals surface area contributed by atoms with E-state index < -0.39 is 6.09 Å². The monoisotopic (exact) mass is 248 g/mol. The number of rotatable bonds is 4. The molecule has 98 valence electrons. The number of nitrogens with one attached hydrogen (secondary N) is 1. The number of piperidine rings is 1. The van der Waals surface area contributed by atoms with Gasteiger partial charge >= 0.3 is 6.09 Å². The van der Waals surface area contributed by atoms with Gasteiger partial charge in [-0.15, -0.1) is 0 Å². The van der Waals surface area contributed by atoms with Crippen LogP contribution in [0.25, 0.3) is 0 Å². The highest BCUT2D eigenvalue weighted by Crippen LogP contribution is 2.14. The molecule has 1 aromatic carbocycles. The topological polar surface area (TPSA) is 52.6 Å². The first kappa shape index (κ1) is 12.9. The maximum absolute atomic E-state index is 11.3. The van der Waals surface area contributed by atoms with Crippen molar-refractivity contribution in [1.82, 2.24) is 10.2 Å². The minimum atomic E-state index is -0.829. The number of benzene rings is 1. The molecule has 1 aliphatic heterocycles. The molecule has 2 N–H and O–H groups in total. The lowest BCUT2D eigenvalue weighted by Crippen LogP contribution is -2.40. The van der Waals surface area contributed by atoms with E-state index in [9.17, 15) is 9.90 Å². The number of hydrogen-bond acceptors (Lipinski definition) is 2. The molecule has 1 amide bonds. The highest BCUT2D eigenvalue weighted by molar-refractivity contribution is 5.65. The van der Waals surface area contributed by atoms with Crippen LogP contribution in [0.5, 0.6) is 0 Å². The van der Waals surface area contributed by atoms with Gasteiger partial charge < -0.3 is 15.3 Å². The minimum absolute atomic E-state index is 0.443. The molecule has 1 aromatic rings. The van der Waals surface area contributed by atoms with Crippen LogP contribution in [-0.4, -0.2) is 35.7 Å². The van der Waals surface area contributed by atoms with E-state index in [2.05, 4.69) is 5.32 Å². The highest BCUT2D eigenvalue weighted by atomic mass is 16.4. The smallest absolute Gasteiger partial charge is 0.407 e. The molecule has 0 unspecified atom stereocenters.